The van der Waals surface area contributed by atoms with Crippen molar-refractivity contribution in [1.82, 2.24) is 24.8 Å². The molecule has 1 aliphatic rings. The van der Waals surface area contributed by atoms with Crippen LogP contribution in [0.1, 0.15) is 6.92 Å². The summed E-state index contributed by atoms with van der Waals surface area (Å²) in [4.78, 5) is 34.9. The zero-order valence-electron chi connectivity index (χ0n) is 23.7. The number of hydrogen-bond acceptors (Lipinski definition) is 10. The number of nitrogens with one attached hydrogen (secondary N) is 4. The molecule has 0 aliphatic carbocycles. The number of methoxy groups -OCH3 is 1. The molecule has 1 fully saturated rings. The molecule has 44 heavy (non-hydrogen) atoms. The third kappa shape index (κ3) is 5.89. The molecular weight excluding hydrogens is 607 g/mol. The lowest BCUT2D eigenvalue weighted by Crippen LogP contribution is -2.51. The number of piperazine rings is 1. The van der Waals surface area contributed by atoms with E-state index in [0.717, 1.165) is 22.1 Å². The molecule has 0 unspecified atom stereocenters. The second-order valence-corrected chi connectivity index (χ2v) is 11.9. The SMILES string of the molecule is COc1cc2[nH]c3nc[nH+]c(N4CCN(C(=S)Nc5ccc(S(=O)(=O)Nc6ncccn6)cc5)CC4)c3c2cc1OC(C)=O. The number of esters is 1. The minimum Gasteiger partial charge on any atom is -0.493 e. The van der Waals surface area contributed by atoms with Gasteiger partial charge in [-0.25, -0.2) is 28.1 Å². The summed E-state index contributed by atoms with van der Waals surface area (Å²) >= 11 is 5.68. The smallest absolute Gasteiger partial charge is 0.308 e. The number of benzene rings is 2. The van der Waals surface area contributed by atoms with Crippen molar-refractivity contribution in [3.63, 3.8) is 0 Å². The first-order valence-electron chi connectivity index (χ1n) is 13.5. The first-order valence-corrected chi connectivity index (χ1v) is 15.4. The van der Waals surface area contributed by atoms with E-state index >= 15 is 0 Å². The molecular formula is C28H28N9O5S2+. The predicted octanol–water partition coefficient (Wildman–Crippen LogP) is 2.57. The van der Waals surface area contributed by atoms with Crippen molar-refractivity contribution in [3.8, 4) is 11.5 Å². The fourth-order valence-corrected chi connectivity index (χ4v) is 6.24. The number of ether oxygens (including phenoxy) is 2. The van der Waals surface area contributed by atoms with Gasteiger partial charge in [0, 0.05) is 36.5 Å². The van der Waals surface area contributed by atoms with Crippen LogP contribution < -0.4 is 29.4 Å². The fraction of sp³-hybridized carbons (Fsp3) is 0.214. The number of anilines is 3. The number of fused-ring (bicyclic) bond motifs is 3. The minimum atomic E-state index is -3.84. The minimum absolute atomic E-state index is 0.00297. The van der Waals surface area contributed by atoms with Gasteiger partial charge in [0.25, 0.3) is 10.0 Å². The maximum atomic E-state index is 12.7. The third-order valence-corrected chi connectivity index (χ3v) is 8.74. The molecule has 6 rings (SSSR count). The zero-order valence-corrected chi connectivity index (χ0v) is 25.3. The molecule has 1 saturated heterocycles. The van der Waals surface area contributed by atoms with Crippen LogP contribution in [0.2, 0.25) is 0 Å². The highest BCUT2D eigenvalue weighted by molar-refractivity contribution is 7.92. The second kappa shape index (κ2) is 11.9. The Morgan fingerprint density at radius 3 is 2.45 bits per heavy atom. The van der Waals surface area contributed by atoms with Crippen LogP contribution in [0.4, 0.5) is 17.5 Å². The number of aromatic nitrogens is 5. The van der Waals surface area contributed by atoms with Crippen LogP contribution in [0.3, 0.4) is 0 Å². The Morgan fingerprint density at radius 2 is 1.77 bits per heavy atom. The number of aromatic amines is 2. The Kier molecular flexibility index (Phi) is 7.84. The third-order valence-electron chi connectivity index (χ3n) is 7.04. The largest absolute Gasteiger partial charge is 0.493 e. The molecule has 0 radical (unpaired) electrons. The highest BCUT2D eigenvalue weighted by atomic mass is 32.2. The highest BCUT2D eigenvalue weighted by Gasteiger charge is 2.28. The van der Waals surface area contributed by atoms with Gasteiger partial charge in [-0.05, 0) is 48.6 Å². The van der Waals surface area contributed by atoms with Gasteiger partial charge in [-0.2, -0.15) is 0 Å². The molecule has 226 valence electrons. The van der Waals surface area contributed by atoms with Crippen LogP contribution in [0.25, 0.3) is 21.9 Å². The zero-order chi connectivity index (χ0) is 30.8. The molecule has 0 saturated carbocycles. The van der Waals surface area contributed by atoms with Gasteiger partial charge < -0.3 is 24.7 Å². The van der Waals surface area contributed by atoms with Gasteiger partial charge in [0.15, 0.2) is 16.6 Å². The number of rotatable bonds is 7. The first-order chi connectivity index (χ1) is 21.2. The standard InChI is InChI=1S/C28H27N9O5S2/c1-17(38)42-23-14-20-21(15-22(23)41-2)34-25-24(20)26(32-16-31-25)36-10-12-37(13-11-36)28(43)33-18-4-6-19(7-5-18)44(39,40)35-27-29-8-3-9-30-27/h3-9,14-16H,10-13H2,1-2H3,(H,33,43)(H,29,30,35)(H,31,32,34)/p+1. The van der Waals surface area contributed by atoms with Crippen LogP contribution >= 0.6 is 12.2 Å². The van der Waals surface area contributed by atoms with Gasteiger partial charge in [-0.3, -0.25) is 9.69 Å². The second-order valence-electron chi connectivity index (χ2n) is 9.85. The number of H-pyrrole nitrogens is 2. The van der Waals surface area contributed by atoms with E-state index < -0.39 is 16.0 Å². The predicted molar refractivity (Wildman–Crippen MR) is 167 cm³/mol. The average molecular weight is 635 g/mol. The summed E-state index contributed by atoms with van der Waals surface area (Å²) in [6.07, 6.45) is 4.55. The Morgan fingerprint density at radius 1 is 1.05 bits per heavy atom. The molecule has 3 aromatic heterocycles. The normalized spacial score (nSPS) is 13.6. The number of nitrogens with zero attached hydrogens (tertiary/aromatic N) is 5. The summed E-state index contributed by atoms with van der Waals surface area (Å²) < 4.78 is 38.5. The first kappa shape index (κ1) is 29.0. The van der Waals surface area contributed by atoms with Gasteiger partial charge in [0.05, 0.1) is 43.7 Å². The van der Waals surface area contributed by atoms with E-state index in [2.05, 4.69) is 44.8 Å². The van der Waals surface area contributed by atoms with Gasteiger partial charge >= 0.3 is 5.97 Å². The van der Waals surface area contributed by atoms with Crippen LogP contribution in [-0.4, -0.2) is 77.6 Å². The summed E-state index contributed by atoms with van der Waals surface area (Å²) in [6, 6.07) is 11.5. The van der Waals surface area contributed by atoms with Crippen molar-refractivity contribution in [2.24, 2.45) is 0 Å². The van der Waals surface area contributed by atoms with E-state index in [4.69, 9.17) is 21.7 Å². The number of thiocarbonyl (C=S) groups is 1. The summed E-state index contributed by atoms with van der Waals surface area (Å²) in [5, 5.41) is 5.44. The maximum absolute atomic E-state index is 12.7. The van der Waals surface area contributed by atoms with E-state index in [0.29, 0.717) is 54.1 Å². The van der Waals surface area contributed by atoms with Crippen molar-refractivity contribution in [1.29, 1.82) is 0 Å². The Bertz CT molecular complexity index is 1960. The van der Waals surface area contributed by atoms with E-state index in [1.54, 1.807) is 36.7 Å². The number of carbonyl (C=O) groups is 1. The van der Waals surface area contributed by atoms with Gasteiger partial charge in [0.1, 0.15) is 5.39 Å². The summed E-state index contributed by atoms with van der Waals surface area (Å²) in [7, 11) is -2.32. The molecule has 0 spiro atoms. The maximum Gasteiger partial charge on any atom is 0.308 e. The molecule has 16 heteroatoms. The van der Waals surface area contributed by atoms with Gasteiger partial charge in [-0.1, -0.05) is 4.98 Å². The van der Waals surface area contributed by atoms with Gasteiger partial charge in [-0.15, -0.1) is 0 Å². The van der Waals surface area contributed by atoms with E-state index in [1.165, 1.54) is 38.6 Å². The van der Waals surface area contributed by atoms with Crippen molar-refractivity contribution >= 4 is 72.7 Å². The fourth-order valence-electron chi connectivity index (χ4n) is 4.98. The van der Waals surface area contributed by atoms with Crippen molar-refractivity contribution in [2.75, 3.05) is 48.2 Å². The summed E-state index contributed by atoms with van der Waals surface area (Å²) in [6.45, 7) is 3.97. The lowest BCUT2D eigenvalue weighted by Gasteiger charge is -2.34. The summed E-state index contributed by atoms with van der Waals surface area (Å²) in [5.41, 5.74) is 2.15. The van der Waals surface area contributed by atoms with E-state index in [1.807, 2.05) is 0 Å². The number of carbonyl (C=O) groups excluding carboxylic acids is 1. The Labute approximate surface area is 257 Å². The van der Waals surface area contributed by atoms with Crippen LogP contribution in [0.15, 0.2) is 66.1 Å². The molecule has 14 nitrogen and oxygen atoms in total. The van der Waals surface area contributed by atoms with Crippen LogP contribution in [0.5, 0.6) is 11.5 Å². The molecule has 4 heterocycles. The monoisotopic (exact) mass is 634 g/mol. The molecule has 0 bridgehead atoms. The van der Waals surface area contributed by atoms with E-state index in [9.17, 15) is 13.2 Å². The number of hydrogen-bond donors (Lipinski definition) is 3. The molecule has 4 N–H and O–H groups in total. The molecule has 0 atom stereocenters. The molecule has 0 amide bonds. The number of sulfonamides is 1. The van der Waals surface area contributed by atoms with Crippen LogP contribution in [-0.2, 0) is 14.8 Å². The van der Waals surface area contributed by atoms with Gasteiger partial charge in [0.2, 0.25) is 23.7 Å². The van der Waals surface area contributed by atoms with Crippen LogP contribution in [0, 0.1) is 0 Å². The molecule has 5 aromatic rings. The highest BCUT2D eigenvalue weighted by Crippen LogP contribution is 2.38. The lowest BCUT2D eigenvalue weighted by atomic mass is 10.1. The van der Waals surface area contributed by atoms with Crippen molar-refractivity contribution < 1.29 is 27.7 Å². The summed E-state index contributed by atoms with van der Waals surface area (Å²) in [5.74, 6) is 1.21. The Balaban J connectivity index is 1.14. The molecule has 1 aliphatic heterocycles. The van der Waals surface area contributed by atoms with E-state index in [-0.39, 0.29) is 10.8 Å². The quantitative estimate of drug-likeness (QED) is 0.136. The Hall–Kier alpha value is -5.09. The van der Waals surface area contributed by atoms with Crippen molar-refractivity contribution in [3.05, 3.63) is 61.2 Å². The van der Waals surface area contributed by atoms with Crippen molar-refractivity contribution in [2.45, 2.75) is 11.8 Å². The average Bonchev–Trinajstić information content (AvgIpc) is 3.38. The molecule has 2 aromatic carbocycles. The topological polar surface area (TPSA) is 169 Å². The lowest BCUT2D eigenvalue weighted by molar-refractivity contribution is -0.367.